The van der Waals surface area contributed by atoms with E-state index in [9.17, 15) is 4.79 Å². The molecule has 3 heteroatoms. The van der Waals surface area contributed by atoms with Gasteiger partial charge < -0.3 is 10.0 Å². The fourth-order valence-electron chi connectivity index (χ4n) is 1.66. The summed E-state index contributed by atoms with van der Waals surface area (Å²) in [4.78, 5) is 12.8. The molecular formula is C8H15NO2. The summed E-state index contributed by atoms with van der Waals surface area (Å²) in [7, 11) is 1.98. The highest BCUT2D eigenvalue weighted by Gasteiger charge is 2.43. The molecule has 0 aromatic heterocycles. The van der Waals surface area contributed by atoms with Crippen molar-refractivity contribution in [2.24, 2.45) is 5.92 Å². The Balaban J connectivity index is 2.78. The van der Waals surface area contributed by atoms with Crippen molar-refractivity contribution >= 4 is 5.97 Å². The van der Waals surface area contributed by atoms with Gasteiger partial charge in [0.25, 0.3) is 0 Å². The largest absolute Gasteiger partial charge is 0.481 e. The topological polar surface area (TPSA) is 40.5 Å². The van der Waals surface area contributed by atoms with Crippen LogP contribution in [0, 0.1) is 5.92 Å². The molecule has 1 atom stereocenters. The van der Waals surface area contributed by atoms with Crippen molar-refractivity contribution in [3.05, 3.63) is 0 Å². The molecule has 1 rings (SSSR count). The number of carbonyl (C=O) groups is 1. The van der Waals surface area contributed by atoms with Gasteiger partial charge in [-0.2, -0.15) is 0 Å². The summed E-state index contributed by atoms with van der Waals surface area (Å²) in [6, 6.07) is 0. The molecule has 1 unspecified atom stereocenters. The first kappa shape index (κ1) is 8.53. The van der Waals surface area contributed by atoms with Crippen LogP contribution in [-0.4, -0.2) is 35.1 Å². The SMILES string of the molecule is CN1CCC(C(=O)O)C1(C)C. The minimum Gasteiger partial charge on any atom is -0.481 e. The predicted molar refractivity (Wildman–Crippen MR) is 42.5 cm³/mol. The van der Waals surface area contributed by atoms with E-state index < -0.39 is 5.97 Å². The van der Waals surface area contributed by atoms with Crippen molar-refractivity contribution in [1.29, 1.82) is 0 Å². The lowest BCUT2D eigenvalue weighted by molar-refractivity contribution is -0.144. The van der Waals surface area contributed by atoms with E-state index >= 15 is 0 Å². The molecule has 0 saturated carbocycles. The van der Waals surface area contributed by atoms with Gasteiger partial charge in [0.05, 0.1) is 5.92 Å². The highest BCUT2D eigenvalue weighted by atomic mass is 16.4. The minimum atomic E-state index is -0.667. The zero-order chi connectivity index (χ0) is 8.65. The van der Waals surface area contributed by atoms with Crippen LogP contribution in [-0.2, 0) is 4.79 Å². The lowest BCUT2D eigenvalue weighted by atomic mass is 9.89. The van der Waals surface area contributed by atoms with Crippen LogP contribution in [0.15, 0.2) is 0 Å². The summed E-state index contributed by atoms with van der Waals surface area (Å²) in [5.41, 5.74) is -0.175. The van der Waals surface area contributed by atoms with Crippen LogP contribution in [0.1, 0.15) is 20.3 Å². The minimum absolute atomic E-state index is 0.175. The van der Waals surface area contributed by atoms with Crippen molar-refractivity contribution in [2.45, 2.75) is 25.8 Å². The van der Waals surface area contributed by atoms with E-state index in [4.69, 9.17) is 5.11 Å². The maximum atomic E-state index is 10.7. The van der Waals surface area contributed by atoms with Gasteiger partial charge in [0.15, 0.2) is 0 Å². The molecule has 64 valence electrons. The van der Waals surface area contributed by atoms with Crippen molar-refractivity contribution in [1.82, 2.24) is 4.90 Å². The molecule has 1 N–H and O–H groups in total. The monoisotopic (exact) mass is 157 g/mol. The molecule has 0 bridgehead atoms. The third-order valence-corrected chi connectivity index (χ3v) is 2.89. The first-order valence-electron chi connectivity index (χ1n) is 3.90. The first-order valence-corrected chi connectivity index (χ1v) is 3.90. The quantitative estimate of drug-likeness (QED) is 0.612. The number of hydrogen-bond donors (Lipinski definition) is 1. The van der Waals surface area contributed by atoms with E-state index in [0.717, 1.165) is 13.0 Å². The predicted octanol–water partition coefficient (Wildman–Crippen LogP) is 0.801. The standard InChI is InChI=1S/C8H15NO2/c1-8(2)6(7(10)11)4-5-9(8)3/h6H,4-5H2,1-3H3,(H,10,11). The van der Waals surface area contributed by atoms with E-state index in [-0.39, 0.29) is 11.5 Å². The fourth-order valence-corrected chi connectivity index (χ4v) is 1.66. The van der Waals surface area contributed by atoms with Gasteiger partial charge in [0.2, 0.25) is 0 Å². The van der Waals surface area contributed by atoms with Gasteiger partial charge in [-0.05, 0) is 33.9 Å². The van der Waals surface area contributed by atoms with Crippen LogP contribution < -0.4 is 0 Å². The maximum absolute atomic E-state index is 10.7. The average Bonchev–Trinajstić information content (AvgIpc) is 2.08. The highest BCUT2D eigenvalue weighted by Crippen LogP contribution is 2.32. The van der Waals surface area contributed by atoms with Crippen molar-refractivity contribution in [3.8, 4) is 0 Å². The third kappa shape index (κ3) is 1.25. The van der Waals surface area contributed by atoms with Crippen molar-refractivity contribution in [3.63, 3.8) is 0 Å². The van der Waals surface area contributed by atoms with Crippen LogP contribution in [0.25, 0.3) is 0 Å². The van der Waals surface area contributed by atoms with Gasteiger partial charge >= 0.3 is 5.97 Å². The summed E-state index contributed by atoms with van der Waals surface area (Å²) in [5.74, 6) is -0.869. The number of likely N-dealkylation sites (tertiary alicyclic amines) is 1. The molecule has 0 aromatic rings. The van der Waals surface area contributed by atoms with Gasteiger partial charge in [0, 0.05) is 5.54 Å². The Morgan fingerprint density at radius 2 is 2.18 bits per heavy atom. The highest BCUT2D eigenvalue weighted by molar-refractivity contribution is 5.72. The Bertz CT molecular complexity index is 177. The molecular weight excluding hydrogens is 142 g/mol. The van der Waals surface area contributed by atoms with Crippen LogP contribution in [0.2, 0.25) is 0 Å². The fraction of sp³-hybridized carbons (Fsp3) is 0.875. The maximum Gasteiger partial charge on any atom is 0.308 e. The average molecular weight is 157 g/mol. The van der Waals surface area contributed by atoms with Crippen LogP contribution in [0.5, 0.6) is 0 Å². The molecule has 0 radical (unpaired) electrons. The molecule has 1 heterocycles. The van der Waals surface area contributed by atoms with Gasteiger partial charge in [-0.1, -0.05) is 0 Å². The molecule has 0 spiro atoms. The summed E-state index contributed by atoms with van der Waals surface area (Å²) in [5, 5.41) is 8.84. The molecule has 11 heavy (non-hydrogen) atoms. The van der Waals surface area contributed by atoms with Crippen molar-refractivity contribution < 1.29 is 9.90 Å². The molecule has 1 aliphatic heterocycles. The summed E-state index contributed by atoms with van der Waals surface area (Å²) in [6.07, 6.45) is 0.777. The Kier molecular flexibility index (Phi) is 1.92. The number of aliphatic carboxylic acids is 1. The Morgan fingerprint density at radius 1 is 1.64 bits per heavy atom. The first-order chi connectivity index (χ1) is 4.96. The number of carboxylic acid groups (broad SMARTS) is 1. The molecule has 1 saturated heterocycles. The molecule has 0 aliphatic carbocycles. The lowest BCUT2D eigenvalue weighted by Crippen LogP contribution is -2.42. The van der Waals surface area contributed by atoms with Gasteiger partial charge in [-0.25, -0.2) is 0 Å². The summed E-state index contributed by atoms with van der Waals surface area (Å²) >= 11 is 0. The number of rotatable bonds is 1. The molecule has 1 aliphatic rings. The molecule has 0 amide bonds. The van der Waals surface area contributed by atoms with Crippen molar-refractivity contribution in [2.75, 3.05) is 13.6 Å². The van der Waals surface area contributed by atoms with E-state index in [1.807, 2.05) is 20.9 Å². The van der Waals surface area contributed by atoms with E-state index in [2.05, 4.69) is 4.90 Å². The van der Waals surface area contributed by atoms with Gasteiger partial charge in [-0.15, -0.1) is 0 Å². The van der Waals surface area contributed by atoms with Crippen LogP contribution in [0.3, 0.4) is 0 Å². The summed E-state index contributed by atoms with van der Waals surface area (Å²) in [6.45, 7) is 4.86. The second-order valence-corrected chi connectivity index (χ2v) is 3.75. The number of hydrogen-bond acceptors (Lipinski definition) is 2. The normalized spacial score (nSPS) is 30.6. The Hall–Kier alpha value is -0.570. The third-order valence-electron chi connectivity index (χ3n) is 2.89. The zero-order valence-electron chi connectivity index (χ0n) is 7.29. The molecule has 0 aromatic carbocycles. The van der Waals surface area contributed by atoms with E-state index in [1.54, 1.807) is 0 Å². The summed E-state index contributed by atoms with van der Waals surface area (Å²) < 4.78 is 0. The van der Waals surface area contributed by atoms with Gasteiger partial charge in [-0.3, -0.25) is 4.79 Å². The molecule has 1 fully saturated rings. The van der Waals surface area contributed by atoms with Crippen LogP contribution in [0.4, 0.5) is 0 Å². The zero-order valence-corrected chi connectivity index (χ0v) is 7.29. The second kappa shape index (κ2) is 2.48. The van der Waals surface area contributed by atoms with Gasteiger partial charge in [0.1, 0.15) is 0 Å². The number of carboxylic acids is 1. The lowest BCUT2D eigenvalue weighted by Gasteiger charge is -2.30. The number of nitrogens with zero attached hydrogens (tertiary/aromatic N) is 1. The van der Waals surface area contributed by atoms with E-state index in [1.165, 1.54) is 0 Å². The molecule has 3 nitrogen and oxygen atoms in total. The smallest absolute Gasteiger partial charge is 0.308 e. The second-order valence-electron chi connectivity index (χ2n) is 3.75. The Morgan fingerprint density at radius 3 is 2.36 bits per heavy atom. The van der Waals surface area contributed by atoms with Crippen LogP contribution >= 0.6 is 0 Å². The Labute approximate surface area is 67.0 Å². The van der Waals surface area contributed by atoms with E-state index in [0.29, 0.717) is 0 Å².